The van der Waals surface area contributed by atoms with Gasteiger partial charge >= 0.3 is 0 Å². The molecule has 0 fully saturated rings. The summed E-state index contributed by atoms with van der Waals surface area (Å²) in [6.45, 7) is 1.84. The average molecular weight is 437 g/mol. The number of benzene rings is 3. The van der Waals surface area contributed by atoms with Crippen LogP contribution in [-0.2, 0) is 10.0 Å². The number of phenolic OH excluding ortho intramolecular Hbond substituents is 1. The fourth-order valence-corrected chi connectivity index (χ4v) is 3.94. The lowest BCUT2D eigenvalue weighted by atomic mass is 9.96. The number of fused-ring (bicyclic) bond motifs is 1. The second-order valence-corrected chi connectivity index (χ2v) is 8.79. The largest absolute Gasteiger partial charge is 0.505 e. The molecule has 0 bridgehead atoms. The minimum Gasteiger partial charge on any atom is -0.505 e. The van der Waals surface area contributed by atoms with Crippen molar-refractivity contribution in [1.82, 2.24) is 4.98 Å². The molecular formula is C23H20FN3O3S. The van der Waals surface area contributed by atoms with E-state index in [2.05, 4.69) is 10.3 Å². The molecule has 0 saturated heterocycles. The number of aromatic nitrogens is 1. The highest BCUT2D eigenvalue weighted by Crippen LogP contribution is 2.36. The quantitative estimate of drug-likeness (QED) is 0.433. The summed E-state index contributed by atoms with van der Waals surface area (Å²) in [7, 11) is -3.81. The van der Waals surface area contributed by atoms with Crippen molar-refractivity contribution < 1.29 is 17.9 Å². The van der Waals surface area contributed by atoms with E-state index in [1.165, 1.54) is 24.3 Å². The molecule has 0 saturated carbocycles. The van der Waals surface area contributed by atoms with Crippen LogP contribution in [0.15, 0.2) is 77.7 Å². The van der Waals surface area contributed by atoms with E-state index in [4.69, 9.17) is 5.14 Å². The van der Waals surface area contributed by atoms with Crippen molar-refractivity contribution in [3.8, 4) is 5.75 Å². The summed E-state index contributed by atoms with van der Waals surface area (Å²) < 4.78 is 36.6. The Hall–Kier alpha value is -3.49. The summed E-state index contributed by atoms with van der Waals surface area (Å²) in [5.41, 5.74) is 3.09. The van der Waals surface area contributed by atoms with Crippen LogP contribution < -0.4 is 10.5 Å². The Morgan fingerprint density at radius 2 is 1.61 bits per heavy atom. The molecular weight excluding hydrogens is 417 g/mol. The lowest BCUT2D eigenvalue weighted by Crippen LogP contribution is -2.14. The van der Waals surface area contributed by atoms with E-state index in [1.807, 2.05) is 25.1 Å². The molecule has 4 rings (SSSR count). The minimum atomic E-state index is -3.81. The first-order chi connectivity index (χ1) is 14.7. The smallest absolute Gasteiger partial charge is 0.238 e. The molecule has 8 heteroatoms. The molecule has 0 aliphatic carbocycles. The number of phenols is 1. The van der Waals surface area contributed by atoms with Gasteiger partial charge in [-0.25, -0.2) is 22.9 Å². The molecule has 0 aliphatic rings. The third-order valence-electron chi connectivity index (χ3n) is 5.01. The van der Waals surface area contributed by atoms with Crippen LogP contribution in [0.25, 0.3) is 10.9 Å². The van der Waals surface area contributed by atoms with Crippen LogP contribution >= 0.6 is 0 Å². The van der Waals surface area contributed by atoms with Crippen molar-refractivity contribution in [3.63, 3.8) is 0 Å². The summed E-state index contributed by atoms with van der Waals surface area (Å²) in [5.74, 6) is -0.357. The number of aromatic hydroxyl groups is 1. The van der Waals surface area contributed by atoms with Gasteiger partial charge in [0.1, 0.15) is 17.1 Å². The molecule has 0 aliphatic heterocycles. The van der Waals surface area contributed by atoms with Crippen LogP contribution in [0.1, 0.15) is 22.9 Å². The number of nitrogens with zero attached hydrogens (tertiary/aromatic N) is 1. The summed E-state index contributed by atoms with van der Waals surface area (Å²) in [6.07, 6.45) is 0. The highest BCUT2D eigenvalue weighted by molar-refractivity contribution is 7.89. The van der Waals surface area contributed by atoms with Gasteiger partial charge in [0.15, 0.2) is 0 Å². The zero-order valence-corrected chi connectivity index (χ0v) is 17.4. The van der Waals surface area contributed by atoms with Gasteiger partial charge in [-0.3, -0.25) is 0 Å². The molecule has 1 unspecified atom stereocenters. The zero-order chi connectivity index (χ0) is 22.2. The van der Waals surface area contributed by atoms with Crippen molar-refractivity contribution >= 4 is 26.6 Å². The van der Waals surface area contributed by atoms with Crippen molar-refractivity contribution in [2.75, 3.05) is 5.32 Å². The predicted octanol–water partition coefficient (Wildman–Crippen LogP) is 4.24. The Labute approximate surface area is 179 Å². The van der Waals surface area contributed by atoms with E-state index in [9.17, 15) is 17.9 Å². The first-order valence-corrected chi connectivity index (χ1v) is 11.0. The number of nitrogens with one attached hydrogen (secondary N) is 1. The lowest BCUT2D eigenvalue weighted by Gasteiger charge is -2.23. The standard InChI is InChI=1S/C23H20FN3O3S/c1-14-2-3-16-6-13-20(23(28)22(16)26-14)21(15-4-7-17(24)8-5-15)27-18-9-11-19(12-10-18)31(25,29)30/h2-13,21,27-28H,1H3,(H2,25,29,30). The molecule has 0 spiro atoms. The molecule has 1 heterocycles. The van der Waals surface area contributed by atoms with E-state index >= 15 is 0 Å². The van der Waals surface area contributed by atoms with Gasteiger partial charge in [0.25, 0.3) is 0 Å². The monoisotopic (exact) mass is 437 g/mol. The number of halogens is 1. The SMILES string of the molecule is Cc1ccc2ccc(C(Nc3ccc(S(N)(=O)=O)cc3)c3ccc(F)cc3)c(O)c2n1. The van der Waals surface area contributed by atoms with Crippen molar-refractivity contribution in [2.45, 2.75) is 17.9 Å². The summed E-state index contributed by atoms with van der Waals surface area (Å²) in [6, 6.07) is 18.7. The lowest BCUT2D eigenvalue weighted by molar-refractivity contribution is 0.471. The molecule has 158 valence electrons. The topological polar surface area (TPSA) is 105 Å². The Bertz CT molecular complexity index is 1360. The number of pyridine rings is 1. The van der Waals surface area contributed by atoms with Crippen LogP contribution in [0.4, 0.5) is 10.1 Å². The first-order valence-electron chi connectivity index (χ1n) is 9.46. The second kappa shape index (κ2) is 7.98. The third-order valence-corrected chi connectivity index (χ3v) is 5.94. The maximum absolute atomic E-state index is 13.5. The van der Waals surface area contributed by atoms with Gasteiger partial charge in [-0.2, -0.15) is 0 Å². The van der Waals surface area contributed by atoms with Crippen LogP contribution in [0.5, 0.6) is 5.75 Å². The van der Waals surface area contributed by atoms with Crippen LogP contribution in [-0.4, -0.2) is 18.5 Å². The Kier molecular flexibility index (Phi) is 5.34. The maximum atomic E-state index is 13.5. The van der Waals surface area contributed by atoms with Gasteiger partial charge in [0.2, 0.25) is 10.0 Å². The minimum absolute atomic E-state index is 0.00962. The third kappa shape index (κ3) is 4.35. The highest BCUT2D eigenvalue weighted by Gasteiger charge is 2.20. The fourth-order valence-electron chi connectivity index (χ4n) is 3.42. The molecule has 6 nitrogen and oxygen atoms in total. The number of sulfonamides is 1. The number of primary sulfonamides is 1. The van der Waals surface area contributed by atoms with Crippen molar-refractivity contribution in [2.24, 2.45) is 5.14 Å². The average Bonchev–Trinajstić information content (AvgIpc) is 2.73. The Balaban J connectivity index is 1.81. The normalized spacial score (nSPS) is 12.6. The van der Waals surface area contributed by atoms with E-state index in [0.29, 0.717) is 22.3 Å². The molecule has 4 N–H and O–H groups in total. The van der Waals surface area contributed by atoms with E-state index in [-0.39, 0.29) is 16.5 Å². The van der Waals surface area contributed by atoms with Gasteiger partial charge in [0, 0.05) is 22.3 Å². The second-order valence-electron chi connectivity index (χ2n) is 7.23. The Morgan fingerprint density at radius 1 is 0.968 bits per heavy atom. The van der Waals surface area contributed by atoms with Crippen molar-refractivity contribution in [3.05, 3.63) is 95.4 Å². The molecule has 0 amide bonds. The zero-order valence-electron chi connectivity index (χ0n) is 16.6. The number of nitrogens with two attached hydrogens (primary N) is 1. The summed E-state index contributed by atoms with van der Waals surface area (Å²) in [5, 5.41) is 20.3. The number of aryl methyl sites for hydroxylation is 1. The van der Waals surface area contributed by atoms with E-state index < -0.39 is 16.1 Å². The van der Waals surface area contributed by atoms with Crippen molar-refractivity contribution in [1.29, 1.82) is 0 Å². The number of rotatable bonds is 5. The predicted molar refractivity (Wildman–Crippen MR) is 118 cm³/mol. The fraction of sp³-hybridized carbons (Fsp3) is 0.0870. The number of anilines is 1. The molecule has 4 aromatic rings. The summed E-state index contributed by atoms with van der Waals surface area (Å²) in [4.78, 5) is 4.44. The number of hydrogen-bond donors (Lipinski definition) is 3. The molecule has 0 radical (unpaired) electrons. The Morgan fingerprint density at radius 3 is 2.26 bits per heavy atom. The highest BCUT2D eigenvalue weighted by atomic mass is 32.2. The van der Waals surface area contributed by atoms with Crippen LogP contribution in [0.2, 0.25) is 0 Å². The molecule has 31 heavy (non-hydrogen) atoms. The van der Waals surface area contributed by atoms with Crippen LogP contribution in [0.3, 0.4) is 0 Å². The van der Waals surface area contributed by atoms with E-state index in [0.717, 1.165) is 11.1 Å². The van der Waals surface area contributed by atoms with Gasteiger partial charge < -0.3 is 10.4 Å². The number of hydrogen-bond acceptors (Lipinski definition) is 5. The van der Waals surface area contributed by atoms with Crippen LogP contribution in [0, 0.1) is 12.7 Å². The maximum Gasteiger partial charge on any atom is 0.238 e. The summed E-state index contributed by atoms with van der Waals surface area (Å²) >= 11 is 0. The van der Waals surface area contributed by atoms with Gasteiger partial charge in [-0.15, -0.1) is 0 Å². The first kappa shape index (κ1) is 20.8. The van der Waals surface area contributed by atoms with Gasteiger partial charge in [0.05, 0.1) is 10.9 Å². The molecule has 1 aromatic heterocycles. The van der Waals surface area contributed by atoms with Gasteiger partial charge in [-0.05, 0) is 55.0 Å². The van der Waals surface area contributed by atoms with Gasteiger partial charge in [-0.1, -0.05) is 30.3 Å². The molecule has 1 atom stereocenters. The van der Waals surface area contributed by atoms with E-state index in [1.54, 1.807) is 30.3 Å². The molecule has 3 aromatic carbocycles.